The molecule has 1 aromatic carbocycles. The molecule has 4 nitrogen and oxygen atoms in total. The lowest BCUT2D eigenvalue weighted by atomic mass is 9.99. The number of hydrogen-bond acceptors (Lipinski definition) is 4. The highest BCUT2D eigenvalue weighted by atomic mass is 32.1. The van der Waals surface area contributed by atoms with Crippen molar-refractivity contribution in [2.45, 2.75) is 19.4 Å². The van der Waals surface area contributed by atoms with E-state index in [1.54, 1.807) is 22.5 Å². The number of pyridine rings is 1. The van der Waals surface area contributed by atoms with Crippen LogP contribution in [0.3, 0.4) is 0 Å². The largest absolute Gasteiger partial charge is 0.465 e. The molecule has 5 heteroatoms. The fourth-order valence-corrected chi connectivity index (χ4v) is 4.65. The van der Waals surface area contributed by atoms with Crippen molar-refractivity contribution in [3.63, 3.8) is 0 Å². The monoisotopic (exact) mass is 400 g/mol. The lowest BCUT2D eigenvalue weighted by Gasteiger charge is -2.20. The predicted octanol–water partition coefficient (Wildman–Crippen LogP) is 5.65. The Hall–Kier alpha value is -3.18. The summed E-state index contributed by atoms with van der Waals surface area (Å²) in [6.45, 7) is 0.600. The standard InChI is InChI=1S/C24H20N2O2S/c1-26(14-16-10-12-29-15-16)24(27)22-19-6-2-3-7-21(19)25-23-17(8-9-20(22)23)13-18-5-4-11-28-18/h2-7,10-13,15H,8-9,14H2,1H3/b17-13+. The topological polar surface area (TPSA) is 46.3 Å². The van der Waals surface area contributed by atoms with Gasteiger partial charge in [-0.25, -0.2) is 4.98 Å². The van der Waals surface area contributed by atoms with E-state index >= 15 is 0 Å². The van der Waals surface area contributed by atoms with Crippen molar-refractivity contribution in [2.24, 2.45) is 0 Å². The second-order valence-electron chi connectivity index (χ2n) is 7.31. The summed E-state index contributed by atoms with van der Waals surface area (Å²) in [5.74, 6) is 0.857. The molecular weight excluding hydrogens is 380 g/mol. The van der Waals surface area contributed by atoms with Crippen molar-refractivity contribution < 1.29 is 9.21 Å². The minimum atomic E-state index is 0.0466. The molecule has 0 spiro atoms. The van der Waals surface area contributed by atoms with E-state index in [1.165, 1.54) is 0 Å². The first-order chi connectivity index (χ1) is 14.2. The zero-order chi connectivity index (χ0) is 19.8. The van der Waals surface area contributed by atoms with Gasteiger partial charge in [-0.05, 0) is 70.6 Å². The Balaban J connectivity index is 1.62. The van der Waals surface area contributed by atoms with E-state index < -0.39 is 0 Å². The first-order valence-electron chi connectivity index (χ1n) is 9.63. The van der Waals surface area contributed by atoms with E-state index in [-0.39, 0.29) is 5.91 Å². The second kappa shape index (κ2) is 7.33. The molecule has 0 radical (unpaired) electrons. The number of carbonyl (C=O) groups excluding carboxylic acids is 1. The van der Waals surface area contributed by atoms with Gasteiger partial charge in [-0.15, -0.1) is 0 Å². The predicted molar refractivity (Wildman–Crippen MR) is 117 cm³/mol. The number of furan rings is 1. The second-order valence-corrected chi connectivity index (χ2v) is 8.09. The number of amides is 1. The van der Waals surface area contributed by atoms with Crippen LogP contribution in [0.4, 0.5) is 0 Å². The fourth-order valence-electron chi connectivity index (χ4n) is 3.99. The van der Waals surface area contributed by atoms with Gasteiger partial charge in [0, 0.05) is 19.0 Å². The fraction of sp³-hybridized carbons (Fsp3) is 0.167. The Labute approximate surface area is 173 Å². The minimum Gasteiger partial charge on any atom is -0.465 e. The molecule has 0 N–H and O–H groups in total. The van der Waals surface area contributed by atoms with E-state index in [0.29, 0.717) is 6.54 Å². The van der Waals surface area contributed by atoms with Crippen LogP contribution in [-0.2, 0) is 13.0 Å². The van der Waals surface area contributed by atoms with Crippen molar-refractivity contribution in [3.8, 4) is 0 Å². The summed E-state index contributed by atoms with van der Waals surface area (Å²) in [4.78, 5) is 20.3. The molecule has 4 aromatic rings. The van der Waals surface area contributed by atoms with E-state index in [9.17, 15) is 4.79 Å². The summed E-state index contributed by atoms with van der Waals surface area (Å²) in [7, 11) is 1.87. The third kappa shape index (κ3) is 3.28. The molecule has 0 saturated heterocycles. The van der Waals surface area contributed by atoms with Crippen molar-refractivity contribution >= 4 is 39.8 Å². The number of fused-ring (bicyclic) bond motifs is 2. The van der Waals surface area contributed by atoms with Gasteiger partial charge in [0.1, 0.15) is 5.76 Å². The molecule has 0 unspecified atom stereocenters. The molecule has 0 bridgehead atoms. The quantitative estimate of drug-likeness (QED) is 0.445. The number of rotatable bonds is 4. The van der Waals surface area contributed by atoms with Gasteiger partial charge >= 0.3 is 0 Å². The molecule has 1 amide bonds. The van der Waals surface area contributed by atoms with Crippen LogP contribution in [0.25, 0.3) is 22.6 Å². The van der Waals surface area contributed by atoms with Crippen LogP contribution >= 0.6 is 11.3 Å². The maximum absolute atomic E-state index is 13.5. The van der Waals surface area contributed by atoms with Crippen molar-refractivity contribution in [2.75, 3.05) is 7.05 Å². The first-order valence-corrected chi connectivity index (χ1v) is 10.6. The molecule has 0 aliphatic heterocycles. The maximum atomic E-state index is 13.5. The normalized spacial score (nSPS) is 14.4. The van der Waals surface area contributed by atoms with Crippen LogP contribution in [0.15, 0.2) is 63.9 Å². The molecule has 0 fully saturated rings. The Morgan fingerprint density at radius 3 is 2.90 bits per heavy atom. The van der Waals surface area contributed by atoms with E-state index in [4.69, 9.17) is 9.40 Å². The van der Waals surface area contributed by atoms with Gasteiger partial charge in [0.25, 0.3) is 5.91 Å². The number of carbonyl (C=O) groups is 1. The summed E-state index contributed by atoms with van der Waals surface area (Å²) >= 11 is 1.65. The Bertz CT molecular complexity index is 1210. The average Bonchev–Trinajstić information content (AvgIpc) is 3.49. The molecule has 3 heterocycles. The third-order valence-corrected chi connectivity index (χ3v) is 6.09. The van der Waals surface area contributed by atoms with Gasteiger partial charge in [-0.1, -0.05) is 18.2 Å². The van der Waals surface area contributed by atoms with E-state index in [1.807, 2.05) is 54.9 Å². The minimum absolute atomic E-state index is 0.0466. The van der Waals surface area contributed by atoms with Crippen LogP contribution in [0, 0.1) is 0 Å². The highest BCUT2D eigenvalue weighted by Gasteiger charge is 2.28. The number of allylic oxidation sites excluding steroid dienone is 1. The number of benzene rings is 1. The van der Waals surface area contributed by atoms with Gasteiger partial charge in [-0.3, -0.25) is 4.79 Å². The van der Waals surface area contributed by atoms with E-state index in [0.717, 1.165) is 57.5 Å². The third-order valence-electron chi connectivity index (χ3n) is 5.36. The van der Waals surface area contributed by atoms with Crippen molar-refractivity contribution in [3.05, 3.63) is 87.6 Å². The number of aromatic nitrogens is 1. The first kappa shape index (κ1) is 17.9. The molecule has 0 saturated carbocycles. The Morgan fingerprint density at radius 2 is 2.10 bits per heavy atom. The van der Waals surface area contributed by atoms with Crippen LogP contribution in [-0.4, -0.2) is 22.8 Å². The summed E-state index contributed by atoms with van der Waals surface area (Å²) in [5.41, 5.74) is 5.88. The SMILES string of the molecule is CN(Cc1ccsc1)C(=O)c1c2c(nc3ccccc13)/C(=C/c1ccco1)CC2. The molecule has 1 aliphatic rings. The van der Waals surface area contributed by atoms with Crippen molar-refractivity contribution in [1.29, 1.82) is 0 Å². The van der Waals surface area contributed by atoms with Gasteiger partial charge < -0.3 is 9.32 Å². The summed E-state index contributed by atoms with van der Waals surface area (Å²) < 4.78 is 5.49. The van der Waals surface area contributed by atoms with Crippen LogP contribution in [0.2, 0.25) is 0 Å². The molecule has 5 rings (SSSR count). The van der Waals surface area contributed by atoms with E-state index in [2.05, 4.69) is 11.4 Å². The number of hydrogen-bond donors (Lipinski definition) is 0. The van der Waals surface area contributed by atoms with Crippen LogP contribution in [0.1, 0.15) is 39.4 Å². The lowest BCUT2D eigenvalue weighted by Crippen LogP contribution is -2.27. The summed E-state index contributed by atoms with van der Waals surface area (Å²) in [5, 5.41) is 5.05. The number of nitrogens with zero attached hydrogens (tertiary/aromatic N) is 2. The molecule has 3 aromatic heterocycles. The van der Waals surface area contributed by atoms with Gasteiger partial charge in [0.15, 0.2) is 0 Å². The zero-order valence-electron chi connectivity index (χ0n) is 16.1. The molecular formula is C24H20N2O2S. The molecule has 0 atom stereocenters. The highest BCUT2D eigenvalue weighted by Crippen LogP contribution is 2.38. The zero-order valence-corrected chi connectivity index (χ0v) is 16.9. The van der Waals surface area contributed by atoms with Gasteiger partial charge in [-0.2, -0.15) is 11.3 Å². The van der Waals surface area contributed by atoms with Gasteiger partial charge in [0.2, 0.25) is 0 Å². The number of thiophene rings is 1. The Kier molecular flexibility index (Phi) is 4.52. The van der Waals surface area contributed by atoms with Crippen LogP contribution in [0.5, 0.6) is 0 Å². The number of para-hydroxylation sites is 1. The molecule has 29 heavy (non-hydrogen) atoms. The smallest absolute Gasteiger partial charge is 0.254 e. The highest BCUT2D eigenvalue weighted by molar-refractivity contribution is 7.07. The maximum Gasteiger partial charge on any atom is 0.254 e. The molecule has 144 valence electrons. The Morgan fingerprint density at radius 1 is 1.21 bits per heavy atom. The van der Waals surface area contributed by atoms with Crippen molar-refractivity contribution in [1.82, 2.24) is 9.88 Å². The molecule has 1 aliphatic carbocycles. The van der Waals surface area contributed by atoms with Crippen LogP contribution < -0.4 is 0 Å². The lowest BCUT2D eigenvalue weighted by molar-refractivity contribution is 0.0786. The van der Waals surface area contributed by atoms with Gasteiger partial charge in [0.05, 0.1) is 23.0 Å². The summed E-state index contributed by atoms with van der Waals surface area (Å²) in [6, 6.07) is 13.8. The summed E-state index contributed by atoms with van der Waals surface area (Å²) in [6.07, 6.45) is 5.38. The average molecular weight is 401 g/mol.